The first-order valence-electron chi connectivity index (χ1n) is 9.73. The Morgan fingerprint density at radius 3 is 2.90 bits per heavy atom. The molecule has 1 amide bonds. The standard InChI is InChI=1S/C21H18F3N5O2/c1-11-14(22)6-12(18-27-20(31-28-18)13-8-21(23,24)9-13)7-15(11)26-19(30)16-10-25-17-4-2-3-5-29(16)17/h2-7,10,13,17,25H,8-9H2,1H3,(H,26,30). The van der Waals surface area contributed by atoms with Crippen LogP contribution in [0.5, 0.6) is 0 Å². The molecule has 160 valence electrons. The van der Waals surface area contributed by atoms with Gasteiger partial charge < -0.3 is 20.1 Å². The maximum atomic E-state index is 14.6. The zero-order chi connectivity index (χ0) is 21.8. The Labute approximate surface area is 175 Å². The van der Waals surface area contributed by atoms with Gasteiger partial charge in [-0.15, -0.1) is 0 Å². The molecule has 31 heavy (non-hydrogen) atoms. The topological polar surface area (TPSA) is 83.3 Å². The molecule has 0 spiro atoms. The number of fused-ring (bicyclic) bond motifs is 1. The second kappa shape index (κ2) is 7.00. The molecule has 3 heterocycles. The van der Waals surface area contributed by atoms with E-state index in [1.807, 2.05) is 18.2 Å². The lowest BCUT2D eigenvalue weighted by Gasteiger charge is -2.31. The highest BCUT2D eigenvalue weighted by Crippen LogP contribution is 2.48. The third kappa shape index (κ3) is 3.47. The molecule has 1 aliphatic carbocycles. The molecule has 1 aromatic heterocycles. The molecule has 1 atom stereocenters. The van der Waals surface area contributed by atoms with E-state index in [1.165, 1.54) is 12.1 Å². The molecule has 7 nitrogen and oxygen atoms in total. The van der Waals surface area contributed by atoms with Crippen LogP contribution >= 0.6 is 0 Å². The second-order valence-corrected chi connectivity index (χ2v) is 7.78. The molecule has 0 radical (unpaired) electrons. The molecule has 1 aromatic carbocycles. The van der Waals surface area contributed by atoms with Gasteiger partial charge in [-0.2, -0.15) is 4.98 Å². The summed E-state index contributed by atoms with van der Waals surface area (Å²) in [7, 11) is 0. The van der Waals surface area contributed by atoms with Gasteiger partial charge in [-0.3, -0.25) is 4.79 Å². The third-order valence-electron chi connectivity index (χ3n) is 5.58. The predicted octanol–water partition coefficient (Wildman–Crippen LogP) is 3.79. The molecule has 0 saturated heterocycles. The number of amides is 1. The number of allylic oxidation sites excluding steroid dienone is 2. The van der Waals surface area contributed by atoms with Crippen molar-refractivity contribution in [3.63, 3.8) is 0 Å². The number of nitrogens with one attached hydrogen (secondary N) is 2. The van der Waals surface area contributed by atoms with Crippen molar-refractivity contribution in [1.29, 1.82) is 0 Å². The van der Waals surface area contributed by atoms with Crippen molar-refractivity contribution >= 4 is 11.6 Å². The van der Waals surface area contributed by atoms with Gasteiger partial charge in [-0.05, 0) is 31.2 Å². The number of carbonyl (C=O) groups is 1. The summed E-state index contributed by atoms with van der Waals surface area (Å²) in [6.45, 7) is 1.54. The van der Waals surface area contributed by atoms with Gasteiger partial charge in [0.05, 0.1) is 0 Å². The minimum Gasteiger partial charge on any atom is -0.366 e. The molecule has 3 aliphatic rings. The van der Waals surface area contributed by atoms with Crippen LogP contribution in [0.4, 0.5) is 18.9 Å². The van der Waals surface area contributed by atoms with Crippen LogP contribution in [0.1, 0.15) is 30.2 Å². The van der Waals surface area contributed by atoms with Crippen LogP contribution in [0, 0.1) is 12.7 Å². The van der Waals surface area contributed by atoms with Crippen molar-refractivity contribution in [3.8, 4) is 11.4 Å². The van der Waals surface area contributed by atoms with Gasteiger partial charge >= 0.3 is 0 Å². The minimum atomic E-state index is -2.71. The summed E-state index contributed by atoms with van der Waals surface area (Å²) in [6.07, 6.45) is 8.10. The first-order chi connectivity index (χ1) is 14.8. The molecular formula is C21H18F3N5O2. The van der Waals surface area contributed by atoms with E-state index in [9.17, 15) is 18.0 Å². The van der Waals surface area contributed by atoms with E-state index < -0.39 is 23.6 Å². The second-order valence-electron chi connectivity index (χ2n) is 7.78. The highest BCUT2D eigenvalue weighted by Gasteiger charge is 2.48. The fourth-order valence-corrected chi connectivity index (χ4v) is 3.76. The number of anilines is 1. The molecule has 1 fully saturated rings. The van der Waals surface area contributed by atoms with Crippen LogP contribution in [0.3, 0.4) is 0 Å². The van der Waals surface area contributed by atoms with Gasteiger partial charge in [0, 0.05) is 48.0 Å². The van der Waals surface area contributed by atoms with E-state index in [1.54, 1.807) is 24.2 Å². The van der Waals surface area contributed by atoms with E-state index in [2.05, 4.69) is 20.8 Å². The number of rotatable bonds is 4. The summed E-state index contributed by atoms with van der Waals surface area (Å²) in [5.41, 5.74) is 1.15. The summed E-state index contributed by atoms with van der Waals surface area (Å²) in [5.74, 6) is -4.02. The molecule has 10 heteroatoms. The molecule has 2 aromatic rings. The predicted molar refractivity (Wildman–Crippen MR) is 105 cm³/mol. The summed E-state index contributed by atoms with van der Waals surface area (Å²) >= 11 is 0. The molecule has 2 N–H and O–H groups in total. The third-order valence-corrected chi connectivity index (χ3v) is 5.58. The first kappa shape index (κ1) is 19.4. The van der Waals surface area contributed by atoms with E-state index in [0.717, 1.165) is 0 Å². The monoisotopic (exact) mass is 429 g/mol. The summed E-state index contributed by atoms with van der Waals surface area (Å²) in [6, 6.07) is 2.76. The minimum absolute atomic E-state index is 0.0746. The number of nitrogens with zero attached hydrogens (tertiary/aromatic N) is 3. The van der Waals surface area contributed by atoms with Gasteiger partial charge in [0.25, 0.3) is 5.91 Å². The maximum Gasteiger partial charge on any atom is 0.273 e. The van der Waals surface area contributed by atoms with Crippen LogP contribution in [-0.4, -0.2) is 33.0 Å². The Bertz CT molecular complexity index is 1150. The van der Waals surface area contributed by atoms with Crippen LogP contribution in [0.15, 0.2) is 53.0 Å². The Morgan fingerprint density at radius 1 is 1.32 bits per heavy atom. The summed E-state index contributed by atoms with van der Waals surface area (Å²) < 4.78 is 45.9. The Kier molecular flexibility index (Phi) is 4.38. The zero-order valence-corrected chi connectivity index (χ0v) is 16.4. The molecule has 0 bridgehead atoms. The average Bonchev–Trinajstić information content (AvgIpc) is 3.36. The lowest BCUT2D eigenvalue weighted by atomic mass is 9.81. The fraction of sp³-hybridized carbons (Fsp3) is 0.286. The molecule has 1 saturated carbocycles. The Morgan fingerprint density at radius 2 is 2.13 bits per heavy atom. The van der Waals surface area contributed by atoms with Crippen molar-refractivity contribution in [2.24, 2.45) is 0 Å². The quantitative estimate of drug-likeness (QED) is 0.770. The van der Waals surface area contributed by atoms with E-state index in [4.69, 9.17) is 4.52 Å². The number of benzene rings is 1. The number of halogens is 3. The van der Waals surface area contributed by atoms with Crippen LogP contribution in [0.25, 0.3) is 11.4 Å². The summed E-state index contributed by atoms with van der Waals surface area (Å²) in [4.78, 5) is 18.7. The lowest BCUT2D eigenvalue weighted by molar-refractivity contribution is -0.114. The van der Waals surface area contributed by atoms with Gasteiger partial charge in [0.15, 0.2) is 0 Å². The lowest BCUT2D eigenvalue weighted by Crippen LogP contribution is -2.35. The first-order valence-corrected chi connectivity index (χ1v) is 9.73. The molecule has 1 unspecified atom stereocenters. The SMILES string of the molecule is Cc1c(F)cc(-c2noc(C3CC(F)(F)C3)n2)cc1NC(=O)C1=CNC2C=CC=CN12. The van der Waals surface area contributed by atoms with E-state index in [-0.39, 0.29) is 47.5 Å². The van der Waals surface area contributed by atoms with Crippen LogP contribution < -0.4 is 10.6 Å². The number of aromatic nitrogens is 2. The Balaban J connectivity index is 1.37. The van der Waals surface area contributed by atoms with Crippen molar-refractivity contribution in [3.05, 3.63) is 65.7 Å². The van der Waals surface area contributed by atoms with Gasteiger partial charge in [-0.1, -0.05) is 11.2 Å². The normalized spacial score (nSPS) is 21.4. The van der Waals surface area contributed by atoms with E-state index in [0.29, 0.717) is 5.70 Å². The van der Waals surface area contributed by atoms with Gasteiger partial charge in [-0.25, -0.2) is 13.2 Å². The number of alkyl halides is 2. The Hall–Kier alpha value is -3.56. The van der Waals surface area contributed by atoms with E-state index >= 15 is 0 Å². The number of hydrogen-bond acceptors (Lipinski definition) is 6. The molecule has 2 aliphatic heterocycles. The van der Waals surface area contributed by atoms with Crippen molar-refractivity contribution < 1.29 is 22.5 Å². The molecular weight excluding hydrogens is 411 g/mol. The highest BCUT2D eigenvalue weighted by molar-refractivity contribution is 6.04. The van der Waals surface area contributed by atoms with Crippen LogP contribution in [0.2, 0.25) is 0 Å². The highest BCUT2D eigenvalue weighted by atomic mass is 19.3. The maximum absolute atomic E-state index is 14.6. The van der Waals surface area contributed by atoms with Crippen LogP contribution in [-0.2, 0) is 4.79 Å². The number of hydrogen-bond donors (Lipinski definition) is 2. The van der Waals surface area contributed by atoms with Crippen molar-refractivity contribution in [2.75, 3.05) is 5.32 Å². The summed E-state index contributed by atoms with van der Waals surface area (Å²) in [5, 5.41) is 9.60. The average molecular weight is 429 g/mol. The van der Waals surface area contributed by atoms with Gasteiger partial charge in [0.1, 0.15) is 17.7 Å². The largest absolute Gasteiger partial charge is 0.366 e. The number of carbonyl (C=O) groups excluding carboxylic acids is 1. The van der Waals surface area contributed by atoms with Crippen molar-refractivity contribution in [2.45, 2.75) is 37.8 Å². The van der Waals surface area contributed by atoms with Crippen molar-refractivity contribution in [1.82, 2.24) is 20.4 Å². The molecule has 5 rings (SSSR count). The van der Waals surface area contributed by atoms with Gasteiger partial charge in [0.2, 0.25) is 17.6 Å². The smallest absolute Gasteiger partial charge is 0.273 e. The zero-order valence-electron chi connectivity index (χ0n) is 16.4. The fourth-order valence-electron chi connectivity index (χ4n) is 3.76.